The van der Waals surface area contributed by atoms with Gasteiger partial charge in [0.15, 0.2) is 0 Å². The summed E-state index contributed by atoms with van der Waals surface area (Å²) < 4.78 is 28.2. The van der Waals surface area contributed by atoms with E-state index in [1.54, 1.807) is 29.0 Å². The third-order valence-corrected chi connectivity index (χ3v) is 7.40. The Hall–Kier alpha value is -3.37. The van der Waals surface area contributed by atoms with Crippen molar-refractivity contribution in [1.82, 2.24) is 20.7 Å². The zero-order valence-electron chi connectivity index (χ0n) is 27.3. The standard InChI is InChI=1S/C34H50F2N4O4/c1-8-13-39(14-9-2)33(43)27-16-24(6)15-26(20-27)32(42)37-30(19-25-17-28(35)21-29(36)18-25)34(7,44)22-40(10-3)38-31(41)12-11-23(4)5/h15-18,20-21,23,30,44H,8-14,19,22H2,1-7H3,(H,37,42)(H,38,41)/t30-,34+/m0/s1. The molecule has 2 atom stereocenters. The SMILES string of the molecule is CCCN(CCC)C(=O)c1cc(C)cc(C(=O)N[C@@H](Cc2cc(F)cc(F)c2)[C@](C)(O)CN(CC)NC(=O)CCC(C)C)c1. The summed E-state index contributed by atoms with van der Waals surface area (Å²) in [6.07, 6.45) is 2.54. The smallest absolute Gasteiger partial charge is 0.253 e. The molecule has 2 aromatic rings. The Morgan fingerprint density at radius 2 is 1.52 bits per heavy atom. The first kappa shape index (κ1) is 36.8. The van der Waals surface area contributed by atoms with Gasteiger partial charge in [-0.05, 0) is 86.9 Å². The molecule has 0 heterocycles. The fourth-order valence-electron chi connectivity index (χ4n) is 5.09. The molecule has 10 heteroatoms. The number of hydrazine groups is 1. The second-order valence-electron chi connectivity index (χ2n) is 12.2. The predicted molar refractivity (Wildman–Crippen MR) is 169 cm³/mol. The summed E-state index contributed by atoms with van der Waals surface area (Å²) in [7, 11) is 0. The van der Waals surface area contributed by atoms with E-state index in [9.17, 15) is 28.3 Å². The van der Waals surface area contributed by atoms with E-state index in [4.69, 9.17) is 0 Å². The number of amides is 3. The van der Waals surface area contributed by atoms with Gasteiger partial charge in [0.2, 0.25) is 5.91 Å². The average molecular weight is 617 g/mol. The molecule has 3 amide bonds. The fraction of sp³-hybridized carbons (Fsp3) is 0.559. The van der Waals surface area contributed by atoms with Crippen molar-refractivity contribution in [3.05, 3.63) is 70.3 Å². The van der Waals surface area contributed by atoms with Crippen molar-refractivity contribution in [3.63, 3.8) is 0 Å². The van der Waals surface area contributed by atoms with E-state index < -0.39 is 29.2 Å². The van der Waals surface area contributed by atoms with E-state index in [0.29, 0.717) is 49.5 Å². The molecular weight excluding hydrogens is 566 g/mol. The Labute approximate surface area is 261 Å². The van der Waals surface area contributed by atoms with Crippen molar-refractivity contribution in [2.24, 2.45) is 5.92 Å². The topological polar surface area (TPSA) is 102 Å². The van der Waals surface area contributed by atoms with Crippen LogP contribution in [0, 0.1) is 24.5 Å². The molecule has 0 unspecified atom stereocenters. The van der Waals surface area contributed by atoms with E-state index in [1.165, 1.54) is 13.0 Å². The summed E-state index contributed by atoms with van der Waals surface area (Å²) in [5, 5.41) is 16.2. The third kappa shape index (κ3) is 11.6. The molecule has 8 nitrogen and oxygen atoms in total. The van der Waals surface area contributed by atoms with Crippen LogP contribution in [0.4, 0.5) is 8.78 Å². The van der Waals surface area contributed by atoms with Crippen LogP contribution in [0.5, 0.6) is 0 Å². The Balaban J connectivity index is 2.39. The zero-order chi connectivity index (χ0) is 33.0. The van der Waals surface area contributed by atoms with E-state index in [0.717, 1.165) is 31.0 Å². The van der Waals surface area contributed by atoms with E-state index in [2.05, 4.69) is 10.7 Å². The Kier molecular flexibility index (Phi) is 14.4. The van der Waals surface area contributed by atoms with E-state index >= 15 is 0 Å². The largest absolute Gasteiger partial charge is 0.387 e. The molecular formula is C34H50F2N4O4. The normalized spacial score (nSPS) is 13.5. The fourth-order valence-corrected chi connectivity index (χ4v) is 5.09. The van der Waals surface area contributed by atoms with Crippen LogP contribution >= 0.6 is 0 Å². The van der Waals surface area contributed by atoms with Gasteiger partial charge in [0.25, 0.3) is 11.8 Å². The number of halogens is 2. The number of nitrogens with one attached hydrogen (secondary N) is 2. The molecule has 44 heavy (non-hydrogen) atoms. The second-order valence-corrected chi connectivity index (χ2v) is 12.2. The summed E-state index contributed by atoms with van der Waals surface area (Å²) in [4.78, 5) is 41.3. The lowest BCUT2D eigenvalue weighted by molar-refractivity contribution is -0.128. The number of likely N-dealkylation sites (N-methyl/N-ethyl adjacent to an activating group) is 1. The van der Waals surface area contributed by atoms with Crippen LogP contribution in [-0.2, 0) is 11.2 Å². The molecule has 2 aromatic carbocycles. The lowest BCUT2D eigenvalue weighted by Crippen LogP contribution is -2.60. The number of rotatable bonds is 17. The van der Waals surface area contributed by atoms with Crippen molar-refractivity contribution >= 4 is 17.7 Å². The Bertz CT molecular complexity index is 1240. The van der Waals surface area contributed by atoms with Crippen LogP contribution in [0.25, 0.3) is 0 Å². The molecule has 0 saturated carbocycles. The van der Waals surface area contributed by atoms with Crippen LogP contribution in [-0.4, -0.2) is 70.6 Å². The van der Waals surface area contributed by atoms with Crippen LogP contribution < -0.4 is 10.7 Å². The van der Waals surface area contributed by atoms with Crippen molar-refractivity contribution in [1.29, 1.82) is 0 Å². The molecule has 0 bridgehead atoms. The van der Waals surface area contributed by atoms with Crippen molar-refractivity contribution in [2.75, 3.05) is 26.2 Å². The highest BCUT2D eigenvalue weighted by Crippen LogP contribution is 2.21. The maximum absolute atomic E-state index is 14.1. The number of hydrogen-bond donors (Lipinski definition) is 3. The summed E-state index contributed by atoms with van der Waals surface area (Å²) >= 11 is 0. The quantitative estimate of drug-likeness (QED) is 0.206. The van der Waals surface area contributed by atoms with Crippen molar-refractivity contribution < 1.29 is 28.3 Å². The predicted octanol–water partition coefficient (Wildman–Crippen LogP) is 5.42. The van der Waals surface area contributed by atoms with Crippen LogP contribution in [0.3, 0.4) is 0 Å². The number of benzene rings is 2. The van der Waals surface area contributed by atoms with Crippen LogP contribution in [0.2, 0.25) is 0 Å². The van der Waals surface area contributed by atoms with Gasteiger partial charge in [-0.1, -0.05) is 34.6 Å². The minimum absolute atomic E-state index is 0.0692. The van der Waals surface area contributed by atoms with E-state index in [-0.39, 0.29) is 35.9 Å². The van der Waals surface area contributed by atoms with Crippen LogP contribution in [0.15, 0.2) is 36.4 Å². The summed E-state index contributed by atoms with van der Waals surface area (Å²) in [6.45, 7) is 14.7. The highest BCUT2D eigenvalue weighted by atomic mass is 19.1. The molecule has 0 saturated heterocycles. The van der Waals surface area contributed by atoms with Gasteiger partial charge in [0.1, 0.15) is 11.6 Å². The first-order valence-corrected chi connectivity index (χ1v) is 15.6. The van der Waals surface area contributed by atoms with Gasteiger partial charge in [0, 0.05) is 49.8 Å². The Morgan fingerprint density at radius 1 is 0.932 bits per heavy atom. The molecule has 0 aliphatic heterocycles. The Morgan fingerprint density at radius 3 is 2.07 bits per heavy atom. The van der Waals surface area contributed by atoms with Gasteiger partial charge < -0.3 is 15.3 Å². The van der Waals surface area contributed by atoms with Gasteiger partial charge in [-0.15, -0.1) is 0 Å². The number of nitrogens with zero attached hydrogens (tertiary/aromatic N) is 2. The number of aryl methyl sites for hydroxylation is 1. The monoisotopic (exact) mass is 616 g/mol. The number of carbonyl (C=O) groups is 3. The summed E-state index contributed by atoms with van der Waals surface area (Å²) in [5.74, 6) is -2.11. The van der Waals surface area contributed by atoms with Gasteiger partial charge in [-0.3, -0.25) is 19.8 Å². The summed E-state index contributed by atoms with van der Waals surface area (Å²) in [5.41, 5.74) is 2.73. The van der Waals surface area contributed by atoms with Crippen LogP contribution in [0.1, 0.15) is 99.1 Å². The van der Waals surface area contributed by atoms with Crippen molar-refractivity contribution in [3.8, 4) is 0 Å². The highest BCUT2D eigenvalue weighted by Gasteiger charge is 2.36. The first-order chi connectivity index (χ1) is 20.7. The molecule has 0 aromatic heterocycles. The average Bonchev–Trinajstić information content (AvgIpc) is 2.93. The number of hydrogen-bond acceptors (Lipinski definition) is 5. The lowest BCUT2D eigenvalue weighted by Gasteiger charge is -2.37. The first-order valence-electron chi connectivity index (χ1n) is 15.6. The molecule has 2 rings (SSSR count). The molecule has 0 aliphatic rings. The molecule has 0 fully saturated rings. The third-order valence-electron chi connectivity index (χ3n) is 7.40. The zero-order valence-corrected chi connectivity index (χ0v) is 27.3. The minimum Gasteiger partial charge on any atom is -0.387 e. The molecule has 244 valence electrons. The van der Waals surface area contributed by atoms with Gasteiger partial charge >= 0.3 is 0 Å². The molecule has 0 aliphatic carbocycles. The maximum atomic E-state index is 14.1. The number of aliphatic hydroxyl groups is 1. The molecule has 3 N–H and O–H groups in total. The van der Waals surface area contributed by atoms with Gasteiger partial charge in [0.05, 0.1) is 11.6 Å². The summed E-state index contributed by atoms with van der Waals surface area (Å²) in [6, 6.07) is 6.97. The highest BCUT2D eigenvalue weighted by molar-refractivity contribution is 6.00. The minimum atomic E-state index is -1.65. The molecule has 0 spiro atoms. The second kappa shape index (κ2) is 17.2. The van der Waals surface area contributed by atoms with Crippen molar-refractivity contribution in [2.45, 2.75) is 92.2 Å². The maximum Gasteiger partial charge on any atom is 0.253 e. The molecule has 0 radical (unpaired) electrons. The number of carbonyl (C=O) groups excluding carboxylic acids is 3. The van der Waals surface area contributed by atoms with Gasteiger partial charge in [-0.25, -0.2) is 13.8 Å². The van der Waals surface area contributed by atoms with Gasteiger partial charge in [-0.2, -0.15) is 0 Å². The lowest BCUT2D eigenvalue weighted by atomic mass is 9.89. The van der Waals surface area contributed by atoms with E-state index in [1.807, 2.05) is 34.6 Å².